The number of carbonyl (C=O) groups excluding carboxylic acids is 1. The molecule has 38 unspecified atom stereocenters. The van der Waals surface area contributed by atoms with E-state index in [0.717, 1.165) is 6.08 Å². The molecule has 0 aromatic rings. The van der Waals surface area contributed by atoms with Crippen LogP contribution in [0, 0.1) is 5.92 Å². The van der Waals surface area contributed by atoms with E-state index in [1.807, 2.05) is 0 Å². The van der Waals surface area contributed by atoms with Gasteiger partial charge in [0.05, 0.1) is 83.3 Å². The first-order chi connectivity index (χ1) is 43.1. The van der Waals surface area contributed by atoms with E-state index in [-0.39, 0.29) is 11.9 Å². The SMILES string of the molecule is CC1C(CO)OC(OC2C(CO)OC(OC3C(CO)OC(OC4C(CO)=CC(NC(C(O)CO)C(O)C(O)C=O)C(O)C4O)C(O)C3O)C(O)C2O)C(O)C1O.COC1OC(CO)C(OC2OC(CO)C(OC3OC(CO)C(O)C(O)C3O)C(O)C2O)C(O)C1O. The second-order valence-corrected chi connectivity index (χ2v) is 22.8. The van der Waals surface area contributed by atoms with Gasteiger partial charge in [-0.05, 0) is 5.57 Å². The number of ether oxygens (including phenoxy) is 12. The zero-order chi connectivity index (χ0) is 67.8. The standard InChI is InChI=1S/C32H55NO23.C19H34O16/c1-9-14(6-37)51-30(24(48)18(9)42)55-28-16(8-39)53-32(26(50)23(28)47)56-29-15(7-38)52-31(25(49)22(29)46)54-27-10(3-34)2-11(19(43)21(27)45)33-17(12(40)4-35)20(44)13(41)5-36;1-30-17-13(28)10(25)15(6(3-21)32-17)35-19-14(29)11(26)16(7(4-22)33-19)34-18-12(27)9(24)8(23)5(2-20)31-18/h2,5,9,11-35,37-50H,3-4,6-8H2,1H3;5-29H,2-4H2,1H3. The van der Waals surface area contributed by atoms with Gasteiger partial charge in [0.2, 0.25) is 0 Å². The van der Waals surface area contributed by atoms with Crippen molar-refractivity contribution in [3.05, 3.63) is 11.6 Å². The van der Waals surface area contributed by atoms with Crippen LogP contribution in [0.3, 0.4) is 0 Å². The molecule has 0 aromatic carbocycles. The molecular weight excluding hydrogens is 1250 g/mol. The Morgan fingerprint density at radius 2 is 0.769 bits per heavy atom. The summed E-state index contributed by atoms with van der Waals surface area (Å²) >= 11 is 0. The number of hydrogen-bond acceptors (Lipinski definition) is 40. The molecule has 6 aliphatic heterocycles. The fraction of sp³-hybridized carbons (Fsp3) is 0.941. The number of carbonyl (C=O) groups is 1. The molecular formula is C51H89NO39. The van der Waals surface area contributed by atoms with Crippen LogP contribution in [0.4, 0.5) is 0 Å². The maximum Gasteiger partial charge on any atom is 0.187 e. The van der Waals surface area contributed by atoms with Crippen molar-refractivity contribution in [3.8, 4) is 0 Å². The van der Waals surface area contributed by atoms with Crippen LogP contribution in [0.1, 0.15) is 6.92 Å². The molecule has 6 fully saturated rings. The number of aliphatic hydroxyl groups is 26. The van der Waals surface area contributed by atoms with E-state index in [4.69, 9.17) is 56.8 Å². The Morgan fingerprint density at radius 3 is 1.13 bits per heavy atom. The molecule has 0 radical (unpaired) electrons. The van der Waals surface area contributed by atoms with Gasteiger partial charge in [0, 0.05) is 13.0 Å². The first kappa shape index (κ1) is 77.9. The van der Waals surface area contributed by atoms with Crippen molar-refractivity contribution in [2.24, 2.45) is 5.92 Å². The molecule has 7 aliphatic rings. The highest BCUT2D eigenvalue weighted by molar-refractivity contribution is 5.56. The molecule has 0 spiro atoms. The summed E-state index contributed by atoms with van der Waals surface area (Å²) in [5, 5.41) is 269. The van der Waals surface area contributed by atoms with Crippen LogP contribution in [0.5, 0.6) is 0 Å². The predicted molar refractivity (Wildman–Crippen MR) is 282 cm³/mol. The van der Waals surface area contributed by atoms with Gasteiger partial charge >= 0.3 is 0 Å². The zero-order valence-electron chi connectivity index (χ0n) is 48.7. The Hall–Kier alpha value is -2.15. The molecule has 6 saturated heterocycles. The lowest BCUT2D eigenvalue weighted by Gasteiger charge is -2.48. The molecule has 27 N–H and O–H groups in total. The maximum absolute atomic E-state index is 11.1. The second-order valence-electron chi connectivity index (χ2n) is 22.8. The van der Waals surface area contributed by atoms with E-state index < -0.39 is 286 Å². The first-order valence-electron chi connectivity index (χ1n) is 28.9. The number of hydrogen-bond donors (Lipinski definition) is 27. The highest BCUT2D eigenvalue weighted by Gasteiger charge is 2.57. The van der Waals surface area contributed by atoms with Gasteiger partial charge in [-0.25, -0.2) is 0 Å². The van der Waals surface area contributed by atoms with Crippen molar-refractivity contribution in [3.63, 3.8) is 0 Å². The summed E-state index contributed by atoms with van der Waals surface area (Å²) in [6, 6.07) is -3.08. The highest BCUT2D eigenvalue weighted by atomic mass is 16.8. The smallest absolute Gasteiger partial charge is 0.187 e. The van der Waals surface area contributed by atoms with Crippen LogP contribution in [0.15, 0.2) is 11.6 Å². The van der Waals surface area contributed by atoms with Gasteiger partial charge in [0.15, 0.2) is 44.0 Å². The molecule has 1 aliphatic carbocycles. The van der Waals surface area contributed by atoms with Crippen molar-refractivity contribution >= 4 is 6.29 Å². The van der Waals surface area contributed by atoms with Gasteiger partial charge in [-0.1, -0.05) is 13.0 Å². The molecule has 7 rings (SSSR count). The minimum absolute atomic E-state index is 0.0406. The van der Waals surface area contributed by atoms with Crippen molar-refractivity contribution in [2.45, 2.75) is 234 Å². The fourth-order valence-corrected chi connectivity index (χ4v) is 11.3. The van der Waals surface area contributed by atoms with Crippen molar-refractivity contribution in [1.29, 1.82) is 0 Å². The summed E-state index contributed by atoms with van der Waals surface area (Å²) < 4.78 is 65.5. The largest absolute Gasteiger partial charge is 0.394 e. The Bertz CT molecular complexity index is 2180. The Balaban J connectivity index is 0.000000322. The number of nitrogens with one attached hydrogen (secondary N) is 1. The monoisotopic (exact) mass is 1340 g/mol. The summed E-state index contributed by atoms with van der Waals surface area (Å²) in [7, 11) is 1.21. The molecule has 0 aromatic heterocycles. The average Bonchev–Trinajstić information content (AvgIpc) is 0.813. The predicted octanol–water partition coefficient (Wildman–Crippen LogP) is -17.6. The lowest BCUT2D eigenvalue weighted by molar-refractivity contribution is -0.380. The van der Waals surface area contributed by atoms with E-state index >= 15 is 0 Å². The van der Waals surface area contributed by atoms with Gasteiger partial charge in [-0.3, -0.25) is 0 Å². The number of methoxy groups -OCH3 is 1. The first-order valence-corrected chi connectivity index (χ1v) is 28.9. The quantitative estimate of drug-likeness (QED) is 0.0298. The molecule has 6 heterocycles. The summed E-state index contributed by atoms with van der Waals surface area (Å²) in [6.07, 6.45) is -58.3. The minimum atomic E-state index is -2.08. The molecule has 0 amide bonds. The van der Waals surface area contributed by atoms with Crippen molar-refractivity contribution in [1.82, 2.24) is 5.32 Å². The van der Waals surface area contributed by atoms with E-state index in [1.54, 1.807) is 0 Å². The van der Waals surface area contributed by atoms with Crippen LogP contribution in [0.25, 0.3) is 0 Å². The van der Waals surface area contributed by atoms with Gasteiger partial charge < -0.3 is 200 Å². The van der Waals surface area contributed by atoms with E-state index in [9.17, 15) is 138 Å². The normalized spacial score (nSPS) is 47.9. The maximum atomic E-state index is 11.1. The Labute approximate surface area is 516 Å². The van der Waals surface area contributed by atoms with E-state index in [1.165, 1.54) is 14.0 Å². The van der Waals surface area contributed by atoms with Gasteiger partial charge in [0.25, 0.3) is 0 Å². The van der Waals surface area contributed by atoms with Crippen LogP contribution in [0.2, 0.25) is 0 Å². The molecule has 38 atom stereocenters. The highest BCUT2D eigenvalue weighted by Crippen LogP contribution is 2.37. The lowest BCUT2D eigenvalue weighted by Crippen LogP contribution is -2.67. The number of aliphatic hydroxyl groups excluding tert-OH is 26. The summed E-state index contributed by atoms with van der Waals surface area (Å²) in [4.78, 5) is 11.0. The third-order valence-corrected chi connectivity index (χ3v) is 16.9. The molecule has 0 saturated carbocycles. The lowest BCUT2D eigenvalue weighted by atomic mass is 9.86. The molecule has 91 heavy (non-hydrogen) atoms. The van der Waals surface area contributed by atoms with E-state index in [0.29, 0.717) is 0 Å². The summed E-state index contributed by atoms with van der Waals surface area (Å²) in [5.74, 6) is -0.717. The molecule has 40 nitrogen and oxygen atoms in total. The van der Waals surface area contributed by atoms with E-state index in [2.05, 4.69) is 5.32 Å². The number of rotatable bonds is 25. The van der Waals surface area contributed by atoms with Gasteiger partial charge in [-0.15, -0.1) is 0 Å². The van der Waals surface area contributed by atoms with Crippen molar-refractivity contribution in [2.75, 3.05) is 60.0 Å². The van der Waals surface area contributed by atoms with Crippen molar-refractivity contribution < 1.29 is 194 Å². The Morgan fingerprint density at radius 1 is 0.429 bits per heavy atom. The molecule has 0 bridgehead atoms. The van der Waals surface area contributed by atoms with Crippen LogP contribution in [-0.2, 0) is 61.6 Å². The van der Waals surface area contributed by atoms with Crippen LogP contribution >= 0.6 is 0 Å². The summed E-state index contributed by atoms with van der Waals surface area (Å²) in [6.45, 7) is -4.94. The Kier molecular flexibility index (Phi) is 29.8. The topological polar surface area (TPSA) is 666 Å². The van der Waals surface area contributed by atoms with Gasteiger partial charge in [0.1, 0.15) is 159 Å². The molecule has 40 heteroatoms. The molecule has 532 valence electrons. The zero-order valence-corrected chi connectivity index (χ0v) is 48.7. The average molecular weight is 1340 g/mol. The third kappa shape index (κ3) is 17.2. The fourth-order valence-electron chi connectivity index (χ4n) is 11.3. The second kappa shape index (κ2) is 34.9. The number of aldehydes is 1. The minimum Gasteiger partial charge on any atom is -0.394 e. The van der Waals surface area contributed by atoms with Crippen LogP contribution < -0.4 is 5.32 Å². The summed E-state index contributed by atoms with van der Waals surface area (Å²) in [5.41, 5.74) is -0.186. The van der Waals surface area contributed by atoms with Crippen LogP contribution in [-0.4, -0.2) is 426 Å². The van der Waals surface area contributed by atoms with Gasteiger partial charge in [-0.2, -0.15) is 0 Å². The third-order valence-electron chi connectivity index (χ3n) is 16.9.